The van der Waals surface area contributed by atoms with Gasteiger partial charge >= 0.3 is 0 Å². The molecule has 2 aromatic rings. The standard InChI is InChI=1S/C15H20FN3O2S/c1-15(21,9-22-2)8-17-13(20)7-6-12-18-11-5-3-4-10(16)14(11)19-12/h3-5,21H,6-9H2,1-2H3,(H,17,20)(H,18,19). The lowest BCUT2D eigenvalue weighted by Gasteiger charge is -2.22. The molecule has 3 N–H and O–H groups in total. The molecule has 5 nitrogen and oxygen atoms in total. The number of rotatable bonds is 7. The van der Waals surface area contributed by atoms with Crippen LogP contribution in [0.25, 0.3) is 11.0 Å². The molecule has 7 heteroatoms. The monoisotopic (exact) mass is 325 g/mol. The number of halogens is 1. The van der Waals surface area contributed by atoms with Crippen molar-refractivity contribution in [2.45, 2.75) is 25.4 Å². The Kier molecular flexibility index (Phi) is 5.42. The largest absolute Gasteiger partial charge is 0.387 e. The summed E-state index contributed by atoms with van der Waals surface area (Å²) >= 11 is 1.52. The van der Waals surface area contributed by atoms with Crippen molar-refractivity contribution in [1.29, 1.82) is 0 Å². The van der Waals surface area contributed by atoms with Crippen molar-refractivity contribution in [2.24, 2.45) is 0 Å². The van der Waals surface area contributed by atoms with Gasteiger partial charge in [-0.3, -0.25) is 4.79 Å². The minimum absolute atomic E-state index is 0.165. The lowest BCUT2D eigenvalue weighted by molar-refractivity contribution is -0.122. The Labute approximate surface area is 132 Å². The highest BCUT2D eigenvalue weighted by Gasteiger charge is 2.20. The van der Waals surface area contributed by atoms with Crippen LogP contribution in [0.2, 0.25) is 0 Å². The van der Waals surface area contributed by atoms with Gasteiger partial charge in [-0.25, -0.2) is 9.37 Å². The number of aryl methyl sites for hydroxylation is 1. The van der Waals surface area contributed by atoms with E-state index in [0.717, 1.165) is 0 Å². The number of imidazole rings is 1. The number of hydrogen-bond donors (Lipinski definition) is 3. The highest BCUT2D eigenvalue weighted by atomic mass is 32.2. The molecule has 0 bridgehead atoms. The van der Waals surface area contributed by atoms with Crippen molar-refractivity contribution in [2.75, 3.05) is 18.6 Å². The third kappa shape index (κ3) is 4.45. The molecule has 0 aliphatic rings. The SMILES string of the molecule is CSCC(C)(O)CNC(=O)CCc1nc2c(F)cccc2[nH]1. The Bertz CT molecular complexity index is 657. The fraction of sp³-hybridized carbons (Fsp3) is 0.467. The van der Waals surface area contributed by atoms with Gasteiger partial charge in [-0.1, -0.05) is 6.07 Å². The van der Waals surface area contributed by atoms with Gasteiger partial charge in [0.2, 0.25) is 5.91 Å². The molecule has 0 spiro atoms. The molecule has 1 aromatic carbocycles. The summed E-state index contributed by atoms with van der Waals surface area (Å²) in [6, 6.07) is 4.71. The number of aromatic nitrogens is 2. The van der Waals surface area contributed by atoms with Crippen LogP contribution in [0.3, 0.4) is 0 Å². The first-order chi connectivity index (χ1) is 10.4. The maximum Gasteiger partial charge on any atom is 0.220 e. The minimum atomic E-state index is -0.919. The van der Waals surface area contributed by atoms with Gasteiger partial charge in [0.15, 0.2) is 5.82 Å². The van der Waals surface area contributed by atoms with Crippen molar-refractivity contribution in [3.8, 4) is 0 Å². The highest BCUT2D eigenvalue weighted by molar-refractivity contribution is 7.98. The van der Waals surface area contributed by atoms with Crippen LogP contribution in [-0.2, 0) is 11.2 Å². The highest BCUT2D eigenvalue weighted by Crippen LogP contribution is 2.15. The number of H-pyrrole nitrogens is 1. The van der Waals surface area contributed by atoms with Crippen molar-refractivity contribution in [3.05, 3.63) is 29.8 Å². The van der Waals surface area contributed by atoms with Gasteiger partial charge in [-0.05, 0) is 25.3 Å². The summed E-state index contributed by atoms with van der Waals surface area (Å²) in [5.74, 6) is 0.585. The Morgan fingerprint density at radius 2 is 2.32 bits per heavy atom. The summed E-state index contributed by atoms with van der Waals surface area (Å²) in [4.78, 5) is 19.0. The normalized spacial score (nSPS) is 14.0. The molecule has 0 saturated heterocycles. The van der Waals surface area contributed by atoms with Crippen LogP contribution >= 0.6 is 11.8 Å². The third-order valence-electron chi connectivity index (χ3n) is 3.22. The smallest absolute Gasteiger partial charge is 0.220 e. The molecule has 1 aromatic heterocycles. The lowest BCUT2D eigenvalue weighted by atomic mass is 10.1. The number of para-hydroxylation sites is 1. The second-order valence-electron chi connectivity index (χ2n) is 5.53. The van der Waals surface area contributed by atoms with E-state index in [1.165, 1.54) is 17.8 Å². The first-order valence-corrected chi connectivity index (χ1v) is 8.42. The maximum absolute atomic E-state index is 13.5. The minimum Gasteiger partial charge on any atom is -0.387 e. The molecule has 0 radical (unpaired) electrons. The van der Waals surface area contributed by atoms with Gasteiger partial charge in [-0.2, -0.15) is 11.8 Å². The molecule has 1 heterocycles. The quantitative estimate of drug-likeness (QED) is 0.726. The zero-order valence-electron chi connectivity index (χ0n) is 12.6. The fourth-order valence-electron chi connectivity index (χ4n) is 2.14. The topological polar surface area (TPSA) is 78.0 Å². The number of carbonyl (C=O) groups excluding carboxylic acids is 1. The summed E-state index contributed by atoms with van der Waals surface area (Å²) in [5, 5.41) is 12.7. The average molecular weight is 325 g/mol. The summed E-state index contributed by atoms with van der Waals surface area (Å²) in [7, 11) is 0. The fourth-order valence-corrected chi connectivity index (χ4v) is 2.86. The molecule has 0 aliphatic carbocycles. The van der Waals surface area contributed by atoms with Crippen LogP contribution < -0.4 is 5.32 Å². The molecule has 0 fully saturated rings. The zero-order chi connectivity index (χ0) is 16.2. The number of benzene rings is 1. The molecular formula is C15H20FN3O2S. The van der Waals surface area contributed by atoms with Crippen molar-refractivity contribution in [3.63, 3.8) is 0 Å². The van der Waals surface area contributed by atoms with Crippen LogP contribution in [0.1, 0.15) is 19.2 Å². The lowest BCUT2D eigenvalue weighted by Crippen LogP contribution is -2.42. The Balaban J connectivity index is 1.86. The van der Waals surface area contributed by atoms with Gasteiger partial charge < -0.3 is 15.4 Å². The molecule has 2 rings (SSSR count). The number of aromatic amines is 1. The number of thioether (sulfide) groups is 1. The second kappa shape index (κ2) is 7.11. The summed E-state index contributed by atoms with van der Waals surface area (Å²) in [5.41, 5.74) is -0.00322. The van der Waals surface area contributed by atoms with E-state index in [2.05, 4.69) is 15.3 Å². The van der Waals surface area contributed by atoms with E-state index in [9.17, 15) is 14.3 Å². The van der Waals surface area contributed by atoms with Gasteiger partial charge in [0, 0.05) is 25.1 Å². The van der Waals surface area contributed by atoms with Crippen molar-refractivity contribution < 1.29 is 14.3 Å². The summed E-state index contributed by atoms with van der Waals surface area (Å²) < 4.78 is 13.5. The van der Waals surface area contributed by atoms with E-state index in [-0.39, 0.29) is 24.7 Å². The Hall–Kier alpha value is -1.60. The van der Waals surface area contributed by atoms with Crippen LogP contribution in [0.4, 0.5) is 4.39 Å². The molecular weight excluding hydrogens is 305 g/mol. The first kappa shape index (κ1) is 16.8. The Morgan fingerprint density at radius 3 is 3.00 bits per heavy atom. The average Bonchev–Trinajstić information content (AvgIpc) is 2.87. The van der Waals surface area contributed by atoms with E-state index in [0.29, 0.717) is 29.0 Å². The van der Waals surface area contributed by atoms with Crippen molar-refractivity contribution >= 4 is 28.7 Å². The molecule has 1 unspecified atom stereocenters. The third-order valence-corrected chi connectivity index (χ3v) is 4.13. The second-order valence-corrected chi connectivity index (χ2v) is 6.39. The van der Waals surface area contributed by atoms with E-state index in [1.807, 2.05) is 6.26 Å². The van der Waals surface area contributed by atoms with E-state index >= 15 is 0 Å². The van der Waals surface area contributed by atoms with Crippen molar-refractivity contribution in [1.82, 2.24) is 15.3 Å². The van der Waals surface area contributed by atoms with Gasteiger partial charge in [0.05, 0.1) is 11.1 Å². The van der Waals surface area contributed by atoms with Crippen LogP contribution in [0, 0.1) is 5.82 Å². The summed E-state index contributed by atoms with van der Waals surface area (Å²) in [6.07, 6.45) is 2.53. The molecule has 0 aliphatic heterocycles. The number of hydrogen-bond acceptors (Lipinski definition) is 4. The van der Waals surface area contributed by atoms with Crippen LogP contribution in [0.15, 0.2) is 18.2 Å². The first-order valence-electron chi connectivity index (χ1n) is 7.02. The number of nitrogens with one attached hydrogen (secondary N) is 2. The van der Waals surface area contributed by atoms with Gasteiger partial charge in [-0.15, -0.1) is 0 Å². The van der Waals surface area contributed by atoms with Gasteiger partial charge in [0.1, 0.15) is 11.3 Å². The zero-order valence-corrected chi connectivity index (χ0v) is 13.5. The number of amides is 1. The summed E-state index contributed by atoms with van der Waals surface area (Å²) in [6.45, 7) is 1.90. The maximum atomic E-state index is 13.5. The molecule has 0 saturated carbocycles. The number of nitrogens with zero attached hydrogens (tertiary/aromatic N) is 1. The van der Waals surface area contributed by atoms with E-state index in [1.54, 1.807) is 19.1 Å². The number of fused-ring (bicyclic) bond motifs is 1. The molecule has 1 amide bonds. The van der Waals surface area contributed by atoms with Crippen LogP contribution in [0.5, 0.6) is 0 Å². The van der Waals surface area contributed by atoms with E-state index in [4.69, 9.17) is 0 Å². The number of carbonyl (C=O) groups is 1. The predicted octanol–water partition coefficient (Wildman–Crippen LogP) is 1.86. The van der Waals surface area contributed by atoms with Crippen LogP contribution in [-0.4, -0.2) is 45.1 Å². The van der Waals surface area contributed by atoms with E-state index < -0.39 is 5.60 Å². The molecule has 22 heavy (non-hydrogen) atoms. The predicted molar refractivity (Wildman–Crippen MR) is 86.4 cm³/mol. The van der Waals surface area contributed by atoms with Gasteiger partial charge in [0.25, 0.3) is 0 Å². The molecule has 120 valence electrons. The number of aliphatic hydroxyl groups is 1. The molecule has 1 atom stereocenters. The Morgan fingerprint density at radius 1 is 1.55 bits per heavy atom.